The van der Waals surface area contributed by atoms with Crippen LogP contribution in [0.2, 0.25) is 0 Å². The van der Waals surface area contributed by atoms with E-state index in [0.29, 0.717) is 25.6 Å². The molecule has 1 aliphatic carbocycles. The van der Waals surface area contributed by atoms with Crippen molar-refractivity contribution in [3.8, 4) is 0 Å². The van der Waals surface area contributed by atoms with Crippen molar-refractivity contribution in [2.75, 3.05) is 39.3 Å². The molecule has 1 aliphatic heterocycles. The van der Waals surface area contributed by atoms with E-state index in [2.05, 4.69) is 15.1 Å². The molecule has 1 unspecified atom stereocenters. The highest BCUT2D eigenvalue weighted by molar-refractivity contribution is 5.28. The lowest BCUT2D eigenvalue weighted by molar-refractivity contribution is -0.138. The fourth-order valence-electron chi connectivity index (χ4n) is 5.54. The van der Waals surface area contributed by atoms with Gasteiger partial charge in [-0.05, 0) is 61.2 Å². The zero-order valence-electron chi connectivity index (χ0n) is 20.9. The van der Waals surface area contributed by atoms with Crippen LogP contribution in [0.3, 0.4) is 0 Å². The SMILES string of the molecule is FC(F)(F)c1ccc(CCNCC(c2ccc(C(F)(F)F)cc2)N2CCN(C3CCCCC3)CC2)cc1. The van der Waals surface area contributed by atoms with Crippen molar-refractivity contribution in [3.05, 3.63) is 70.8 Å². The van der Waals surface area contributed by atoms with Gasteiger partial charge in [0.15, 0.2) is 0 Å². The normalized spacial score (nSPS) is 19.7. The van der Waals surface area contributed by atoms with Crippen molar-refractivity contribution in [1.82, 2.24) is 15.1 Å². The van der Waals surface area contributed by atoms with Gasteiger partial charge in [0.1, 0.15) is 0 Å². The molecule has 1 heterocycles. The molecule has 0 amide bonds. The second-order valence-corrected chi connectivity index (χ2v) is 10.1. The first-order valence-corrected chi connectivity index (χ1v) is 13.1. The number of nitrogens with zero attached hydrogens (tertiary/aromatic N) is 2. The predicted octanol–water partition coefficient (Wildman–Crippen LogP) is 6.55. The minimum absolute atomic E-state index is 0.0802. The van der Waals surface area contributed by atoms with Crippen LogP contribution in [0.15, 0.2) is 48.5 Å². The first kappa shape index (κ1) is 27.9. The molecular formula is C28H35F6N3. The van der Waals surface area contributed by atoms with E-state index in [1.807, 2.05) is 0 Å². The van der Waals surface area contributed by atoms with Crippen LogP contribution in [0.25, 0.3) is 0 Å². The number of hydrogen-bond acceptors (Lipinski definition) is 3. The number of alkyl halides is 6. The molecular weight excluding hydrogens is 492 g/mol. The maximum Gasteiger partial charge on any atom is 0.416 e. The van der Waals surface area contributed by atoms with Crippen LogP contribution < -0.4 is 5.32 Å². The molecule has 0 bridgehead atoms. The maximum absolute atomic E-state index is 13.1. The van der Waals surface area contributed by atoms with Crippen LogP contribution in [-0.4, -0.2) is 55.1 Å². The van der Waals surface area contributed by atoms with Crippen molar-refractivity contribution < 1.29 is 26.3 Å². The van der Waals surface area contributed by atoms with E-state index in [9.17, 15) is 26.3 Å². The highest BCUT2D eigenvalue weighted by atomic mass is 19.4. The van der Waals surface area contributed by atoms with Gasteiger partial charge in [0.05, 0.1) is 11.1 Å². The van der Waals surface area contributed by atoms with Crippen LogP contribution in [-0.2, 0) is 18.8 Å². The molecule has 1 saturated heterocycles. The molecule has 1 atom stereocenters. The van der Waals surface area contributed by atoms with Gasteiger partial charge in [-0.3, -0.25) is 9.80 Å². The molecule has 3 nitrogen and oxygen atoms in total. The Morgan fingerprint density at radius 2 is 1.27 bits per heavy atom. The summed E-state index contributed by atoms with van der Waals surface area (Å²) in [5.74, 6) is 0. The molecule has 1 saturated carbocycles. The van der Waals surface area contributed by atoms with Crippen molar-refractivity contribution in [2.45, 2.75) is 63.0 Å². The van der Waals surface area contributed by atoms with Gasteiger partial charge in [0.2, 0.25) is 0 Å². The van der Waals surface area contributed by atoms with Crippen molar-refractivity contribution >= 4 is 0 Å². The Morgan fingerprint density at radius 1 is 0.730 bits per heavy atom. The van der Waals surface area contributed by atoms with E-state index in [1.165, 1.54) is 44.2 Å². The Labute approximate surface area is 214 Å². The molecule has 37 heavy (non-hydrogen) atoms. The lowest BCUT2D eigenvalue weighted by Crippen LogP contribution is -2.52. The molecule has 2 aromatic rings. The van der Waals surface area contributed by atoms with Crippen LogP contribution in [0.5, 0.6) is 0 Å². The molecule has 9 heteroatoms. The zero-order chi connectivity index (χ0) is 26.5. The molecule has 0 radical (unpaired) electrons. The third kappa shape index (κ3) is 7.71. The van der Waals surface area contributed by atoms with Gasteiger partial charge in [0, 0.05) is 44.8 Å². The lowest BCUT2D eigenvalue weighted by atomic mass is 9.93. The summed E-state index contributed by atoms with van der Waals surface area (Å²) in [5.41, 5.74) is 0.306. The quantitative estimate of drug-likeness (QED) is 0.310. The first-order valence-electron chi connectivity index (χ1n) is 13.1. The summed E-state index contributed by atoms with van der Waals surface area (Å²) in [6, 6.07) is 11.1. The fourth-order valence-corrected chi connectivity index (χ4v) is 5.54. The molecule has 4 rings (SSSR count). The number of halogens is 6. The van der Waals surface area contributed by atoms with Crippen LogP contribution >= 0.6 is 0 Å². The van der Waals surface area contributed by atoms with Crippen LogP contribution in [0, 0.1) is 0 Å². The summed E-state index contributed by atoms with van der Waals surface area (Å²) < 4.78 is 77.7. The molecule has 2 fully saturated rings. The zero-order valence-corrected chi connectivity index (χ0v) is 20.9. The van der Waals surface area contributed by atoms with E-state index in [0.717, 1.165) is 61.6 Å². The summed E-state index contributed by atoms with van der Waals surface area (Å²) >= 11 is 0. The van der Waals surface area contributed by atoms with Gasteiger partial charge in [-0.25, -0.2) is 0 Å². The van der Waals surface area contributed by atoms with Gasteiger partial charge < -0.3 is 5.32 Å². The Kier molecular flexibility index (Phi) is 9.19. The van der Waals surface area contributed by atoms with Crippen molar-refractivity contribution in [3.63, 3.8) is 0 Å². The van der Waals surface area contributed by atoms with Gasteiger partial charge in [0.25, 0.3) is 0 Å². The molecule has 1 N–H and O–H groups in total. The molecule has 0 spiro atoms. The van der Waals surface area contributed by atoms with E-state index in [-0.39, 0.29) is 6.04 Å². The van der Waals surface area contributed by atoms with E-state index < -0.39 is 23.5 Å². The van der Waals surface area contributed by atoms with E-state index in [1.54, 1.807) is 12.1 Å². The fraction of sp³-hybridized carbons (Fsp3) is 0.571. The van der Waals surface area contributed by atoms with Gasteiger partial charge in [-0.2, -0.15) is 26.3 Å². The molecule has 0 aromatic heterocycles. The third-order valence-electron chi connectivity index (χ3n) is 7.71. The van der Waals surface area contributed by atoms with E-state index >= 15 is 0 Å². The highest BCUT2D eigenvalue weighted by Gasteiger charge is 2.32. The van der Waals surface area contributed by atoms with Gasteiger partial charge in [-0.1, -0.05) is 43.5 Å². The number of hydrogen-bond donors (Lipinski definition) is 1. The Balaban J connectivity index is 1.37. The number of nitrogens with one attached hydrogen (secondary N) is 1. The summed E-state index contributed by atoms with van der Waals surface area (Å²) in [4.78, 5) is 4.91. The standard InChI is InChI=1S/C28H35F6N3/c29-27(30,31)23-10-6-21(7-11-23)14-15-35-20-26(22-8-12-24(13-9-22)28(32,33)34)37-18-16-36(17-19-37)25-4-2-1-3-5-25/h6-13,25-26,35H,1-5,14-20H2. The number of benzene rings is 2. The third-order valence-corrected chi connectivity index (χ3v) is 7.71. The van der Waals surface area contributed by atoms with E-state index in [4.69, 9.17) is 0 Å². The largest absolute Gasteiger partial charge is 0.416 e. The second-order valence-electron chi connectivity index (χ2n) is 10.1. The van der Waals surface area contributed by atoms with Crippen molar-refractivity contribution in [2.24, 2.45) is 0 Å². The lowest BCUT2D eigenvalue weighted by Gasteiger charge is -2.43. The topological polar surface area (TPSA) is 18.5 Å². The summed E-state index contributed by atoms with van der Waals surface area (Å²) in [7, 11) is 0. The Bertz CT molecular complexity index is 957. The minimum atomic E-state index is -4.38. The molecule has 2 aromatic carbocycles. The monoisotopic (exact) mass is 527 g/mol. The number of piperazine rings is 1. The van der Waals surface area contributed by atoms with Crippen LogP contribution in [0.4, 0.5) is 26.3 Å². The highest BCUT2D eigenvalue weighted by Crippen LogP contribution is 2.32. The summed E-state index contributed by atoms with van der Waals surface area (Å²) in [6.07, 6.45) is -1.81. The Morgan fingerprint density at radius 3 is 1.81 bits per heavy atom. The van der Waals surface area contributed by atoms with Crippen molar-refractivity contribution in [1.29, 1.82) is 0 Å². The molecule has 2 aliphatic rings. The number of rotatable bonds is 8. The van der Waals surface area contributed by atoms with Gasteiger partial charge in [-0.15, -0.1) is 0 Å². The smallest absolute Gasteiger partial charge is 0.314 e. The minimum Gasteiger partial charge on any atom is -0.314 e. The maximum atomic E-state index is 13.1. The predicted molar refractivity (Wildman–Crippen MR) is 132 cm³/mol. The first-order chi connectivity index (χ1) is 17.6. The van der Waals surface area contributed by atoms with Crippen LogP contribution in [0.1, 0.15) is 60.4 Å². The summed E-state index contributed by atoms with van der Waals surface area (Å²) in [5, 5.41) is 3.39. The average molecular weight is 528 g/mol. The summed E-state index contributed by atoms with van der Waals surface area (Å²) in [6.45, 7) is 4.71. The second kappa shape index (κ2) is 12.2. The Hall–Kier alpha value is -2.10. The van der Waals surface area contributed by atoms with Gasteiger partial charge >= 0.3 is 12.4 Å². The molecule has 204 valence electrons. The average Bonchev–Trinajstić information content (AvgIpc) is 2.89.